The molecule has 2 aromatic rings. The lowest BCUT2D eigenvalue weighted by Gasteiger charge is -2.16. The van der Waals surface area contributed by atoms with Crippen molar-refractivity contribution in [2.45, 2.75) is 13.0 Å². The van der Waals surface area contributed by atoms with Gasteiger partial charge in [0.05, 0.1) is 21.3 Å². The van der Waals surface area contributed by atoms with Crippen molar-refractivity contribution in [3.8, 4) is 17.2 Å². The van der Waals surface area contributed by atoms with Crippen molar-refractivity contribution < 1.29 is 18.6 Å². The van der Waals surface area contributed by atoms with Gasteiger partial charge in [-0.05, 0) is 41.8 Å². The summed E-state index contributed by atoms with van der Waals surface area (Å²) in [6.07, 6.45) is 0.769. The summed E-state index contributed by atoms with van der Waals surface area (Å²) in [5.41, 5.74) is 2.02. The largest absolute Gasteiger partial charge is 0.493 e. The first kappa shape index (κ1) is 20.4. The number of hydrogen-bond acceptors (Lipinski definition) is 4. The van der Waals surface area contributed by atoms with E-state index in [0.29, 0.717) is 36.3 Å². The van der Waals surface area contributed by atoms with Crippen LogP contribution >= 0.6 is 0 Å². The number of ether oxygens (including phenoxy) is 3. The van der Waals surface area contributed by atoms with Gasteiger partial charge in [0.25, 0.3) is 0 Å². The molecule has 2 N–H and O–H groups in total. The zero-order chi connectivity index (χ0) is 19.6. The maximum Gasteiger partial charge on any atom is 0.203 e. The minimum absolute atomic E-state index is 0.227. The van der Waals surface area contributed by atoms with Gasteiger partial charge in [0.1, 0.15) is 5.82 Å². The molecule has 0 radical (unpaired) electrons. The van der Waals surface area contributed by atoms with Gasteiger partial charge in [-0.1, -0.05) is 12.1 Å². The molecule has 27 heavy (non-hydrogen) atoms. The lowest BCUT2D eigenvalue weighted by atomic mass is 10.1. The molecule has 0 saturated heterocycles. The molecular weight excluding hydrogens is 349 g/mol. The molecule has 0 aliphatic heterocycles. The van der Waals surface area contributed by atoms with Crippen molar-refractivity contribution in [2.75, 3.05) is 34.9 Å². The Balaban J connectivity index is 1.92. The first-order valence-electron chi connectivity index (χ1n) is 8.59. The van der Waals surface area contributed by atoms with E-state index >= 15 is 0 Å². The van der Waals surface area contributed by atoms with Gasteiger partial charge < -0.3 is 24.8 Å². The monoisotopic (exact) mass is 375 g/mol. The average Bonchev–Trinajstić information content (AvgIpc) is 2.70. The van der Waals surface area contributed by atoms with Crippen molar-refractivity contribution >= 4 is 5.96 Å². The van der Waals surface area contributed by atoms with Crippen LogP contribution in [0.4, 0.5) is 4.39 Å². The van der Waals surface area contributed by atoms with Crippen LogP contribution in [0.25, 0.3) is 0 Å². The molecule has 0 aliphatic rings. The first-order chi connectivity index (χ1) is 13.1. The number of methoxy groups -OCH3 is 3. The van der Waals surface area contributed by atoms with Crippen molar-refractivity contribution in [3.63, 3.8) is 0 Å². The number of guanidine groups is 1. The summed E-state index contributed by atoms with van der Waals surface area (Å²) in [7, 11) is 6.46. The van der Waals surface area contributed by atoms with E-state index in [4.69, 9.17) is 14.2 Å². The lowest BCUT2D eigenvalue weighted by Crippen LogP contribution is -2.37. The maximum atomic E-state index is 12.9. The third kappa shape index (κ3) is 5.77. The molecule has 0 amide bonds. The van der Waals surface area contributed by atoms with E-state index in [1.807, 2.05) is 12.1 Å². The number of aliphatic imine (C=N–C) groups is 1. The Bertz CT molecular complexity index is 739. The summed E-state index contributed by atoms with van der Waals surface area (Å²) in [6, 6.07) is 10.3. The van der Waals surface area contributed by atoms with E-state index in [2.05, 4.69) is 15.6 Å². The van der Waals surface area contributed by atoms with Crippen LogP contribution in [0.3, 0.4) is 0 Å². The number of rotatable bonds is 8. The van der Waals surface area contributed by atoms with Gasteiger partial charge in [0, 0.05) is 20.1 Å². The third-order valence-corrected chi connectivity index (χ3v) is 4.03. The fourth-order valence-electron chi connectivity index (χ4n) is 2.62. The molecule has 0 aromatic heterocycles. The second-order valence-electron chi connectivity index (χ2n) is 5.76. The van der Waals surface area contributed by atoms with Gasteiger partial charge in [0.15, 0.2) is 17.5 Å². The zero-order valence-electron chi connectivity index (χ0n) is 16.1. The summed E-state index contributed by atoms with van der Waals surface area (Å²) < 4.78 is 29.0. The summed E-state index contributed by atoms with van der Waals surface area (Å²) in [4.78, 5) is 4.21. The van der Waals surface area contributed by atoms with E-state index in [1.54, 1.807) is 40.5 Å². The van der Waals surface area contributed by atoms with Crippen LogP contribution in [-0.2, 0) is 13.0 Å². The minimum atomic E-state index is -0.227. The van der Waals surface area contributed by atoms with Crippen LogP contribution in [0, 0.1) is 5.82 Å². The van der Waals surface area contributed by atoms with Gasteiger partial charge >= 0.3 is 0 Å². The predicted octanol–water partition coefficient (Wildman–Crippen LogP) is 2.76. The highest BCUT2D eigenvalue weighted by atomic mass is 19.1. The van der Waals surface area contributed by atoms with E-state index in [0.717, 1.165) is 17.5 Å². The van der Waals surface area contributed by atoms with Crippen LogP contribution in [-0.4, -0.2) is 40.9 Å². The summed E-state index contributed by atoms with van der Waals surface area (Å²) in [5.74, 6) is 2.21. The second kappa shape index (κ2) is 10.3. The second-order valence-corrected chi connectivity index (χ2v) is 5.76. The molecule has 0 aliphatic carbocycles. The van der Waals surface area contributed by atoms with Gasteiger partial charge in [-0.3, -0.25) is 4.99 Å². The minimum Gasteiger partial charge on any atom is -0.493 e. The molecule has 0 bridgehead atoms. The van der Waals surface area contributed by atoms with E-state index in [1.165, 1.54) is 12.1 Å². The fourth-order valence-corrected chi connectivity index (χ4v) is 2.62. The number of benzene rings is 2. The molecule has 146 valence electrons. The predicted molar refractivity (Wildman–Crippen MR) is 104 cm³/mol. The summed E-state index contributed by atoms with van der Waals surface area (Å²) in [6.45, 7) is 1.22. The Kier molecular flexibility index (Phi) is 7.73. The maximum absolute atomic E-state index is 12.9. The first-order valence-corrected chi connectivity index (χ1v) is 8.59. The van der Waals surface area contributed by atoms with Crippen molar-refractivity contribution in [1.82, 2.24) is 10.6 Å². The van der Waals surface area contributed by atoms with E-state index in [-0.39, 0.29) is 5.82 Å². The molecule has 0 fully saturated rings. The fraction of sp³-hybridized carbons (Fsp3) is 0.350. The SMILES string of the molecule is CN=C(NCCc1ccc(F)cc1)NCc1cc(OC)c(OC)c(OC)c1. The Morgan fingerprint density at radius 2 is 1.56 bits per heavy atom. The molecule has 2 rings (SSSR count). The Labute approximate surface area is 159 Å². The molecular formula is C20H26FN3O3. The van der Waals surface area contributed by atoms with Crippen LogP contribution in [0.5, 0.6) is 17.2 Å². The average molecular weight is 375 g/mol. The van der Waals surface area contributed by atoms with E-state index < -0.39 is 0 Å². The van der Waals surface area contributed by atoms with Gasteiger partial charge in [-0.25, -0.2) is 4.39 Å². The van der Waals surface area contributed by atoms with Crippen LogP contribution in [0.1, 0.15) is 11.1 Å². The number of halogens is 1. The smallest absolute Gasteiger partial charge is 0.203 e. The molecule has 2 aromatic carbocycles. The molecule has 0 unspecified atom stereocenters. The molecule has 0 atom stereocenters. The van der Waals surface area contributed by atoms with Crippen LogP contribution in [0.2, 0.25) is 0 Å². The Morgan fingerprint density at radius 1 is 0.926 bits per heavy atom. The highest BCUT2D eigenvalue weighted by Crippen LogP contribution is 2.38. The molecule has 0 saturated carbocycles. The highest BCUT2D eigenvalue weighted by Gasteiger charge is 2.13. The normalized spacial score (nSPS) is 11.1. The van der Waals surface area contributed by atoms with Gasteiger partial charge in [0.2, 0.25) is 5.75 Å². The molecule has 6 nitrogen and oxygen atoms in total. The lowest BCUT2D eigenvalue weighted by molar-refractivity contribution is 0.323. The van der Waals surface area contributed by atoms with Crippen molar-refractivity contribution in [1.29, 1.82) is 0 Å². The molecule has 0 spiro atoms. The molecule has 0 heterocycles. The zero-order valence-corrected chi connectivity index (χ0v) is 16.1. The molecule has 7 heteroatoms. The Hall–Kier alpha value is -2.96. The van der Waals surface area contributed by atoms with Gasteiger partial charge in [-0.15, -0.1) is 0 Å². The van der Waals surface area contributed by atoms with Crippen LogP contribution < -0.4 is 24.8 Å². The van der Waals surface area contributed by atoms with Crippen molar-refractivity contribution in [3.05, 3.63) is 53.3 Å². The number of hydrogen-bond donors (Lipinski definition) is 2. The number of nitrogens with zero attached hydrogens (tertiary/aromatic N) is 1. The summed E-state index contributed by atoms with van der Waals surface area (Å²) in [5, 5.41) is 6.49. The quantitative estimate of drug-likeness (QED) is 0.549. The van der Waals surface area contributed by atoms with E-state index in [9.17, 15) is 4.39 Å². The number of nitrogens with one attached hydrogen (secondary N) is 2. The topological polar surface area (TPSA) is 64.1 Å². The summed E-state index contributed by atoms with van der Waals surface area (Å²) >= 11 is 0. The van der Waals surface area contributed by atoms with Crippen molar-refractivity contribution in [2.24, 2.45) is 4.99 Å². The van der Waals surface area contributed by atoms with Gasteiger partial charge in [-0.2, -0.15) is 0 Å². The Morgan fingerprint density at radius 3 is 2.07 bits per heavy atom. The standard InChI is InChI=1S/C20H26FN3O3/c1-22-20(23-10-9-14-5-7-16(21)8-6-14)24-13-15-11-17(25-2)19(27-4)18(12-15)26-3/h5-8,11-12H,9-10,13H2,1-4H3,(H2,22,23,24). The van der Waals surface area contributed by atoms with Crippen LogP contribution in [0.15, 0.2) is 41.4 Å². The highest BCUT2D eigenvalue weighted by molar-refractivity contribution is 5.79. The third-order valence-electron chi connectivity index (χ3n) is 4.03.